The quantitative estimate of drug-likeness (QED) is 0.642. The van der Waals surface area contributed by atoms with E-state index < -0.39 is 18.0 Å². The molecular formula is C23H18ClN5O3. The Morgan fingerprint density at radius 2 is 1.88 bits per heavy atom. The Morgan fingerprint density at radius 1 is 1.09 bits per heavy atom. The van der Waals surface area contributed by atoms with Crippen molar-refractivity contribution in [1.82, 2.24) is 20.2 Å². The number of hydrogen-bond donors (Lipinski definition) is 2. The van der Waals surface area contributed by atoms with Crippen molar-refractivity contribution in [3.63, 3.8) is 0 Å². The molecule has 1 aromatic heterocycles. The Kier molecular flexibility index (Phi) is 5.07. The number of carbonyl (C=O) groups excluding carboxylic acids is 3. The molecule has 0 bridgehead atoms. The summed E-state index contributed by atoms with van der Waals surface area (Å²) in [7, 11) is 0. The van der Waals surface area contributed by atoms with Crippen LogP contribution in [0.2, 0.25) is 5.02 Å². The topological polar surface area (TPSA) is 104 Å². The number of carbonyl (C=O) groups is 3. The Hall–Kier alpha value is -3.78. The van der Waals surface area contributed by atoms with Gasteiger partial charge in [-0.2, -0.15) is 0 Å². The van der Waals surface area contributed by atoms with Gasteiger partial charge in [0.1, 0.15) is 11.7 Å². The summed E-state index contributed by atoms with van der Waals surface area (Å²) < 4.78 is 0. The van der Waals surface area contributed by atoms with E-state index in [0.717, 1.165) is 11.1 Å². The number of aromatic nitrogens is 2. The van der Waals surface area contributed by atoms with Gasteiger partial charge in [-0.15, -0.1) is 0 Å². The lowest BCUT2D eigenvalue weighted by Crippen LogP contribution is -2.51. The third-order valence-corrected chi connectivity index (χ3v) is 5.98. The molecule has 160 valence electrons. The first kappa shape index (κ1) is 20.1. The third kappa shape index (κ3) is 3.58. The summed E-state index contributed by atoms with van der Waals surface area (Å²) >= 11 is 5.98. The lowest BCUT2D eigenvalue weighted by molar-refractivity contribution is -0.120. The number of hydrogen-bond acceptors (Lipinski definition) is 5. The van der Waals surface area contributed by atoms with Crippen molar-refractivity contribution in [2.24, 2.45) is 0 Å². The van der Waals surface area contributed by atoms with Crippen LogP contribution >= 0.6 is 11.6 Å². The molecule has 0 radical (unpaired) electrons. The minimum atomic E-state index is -0.811. The van der Waals surface area contributed by atoms with E-state index >= 15 is 0 Å². The van der Waals surface area contributed by atoms with Crippen LogP contribution < -0.4 is 10.6 Å². The van der Waals surface area contributed by atoms with Gasteiger partial charge in [-0.3, -0.25) is 19.4 Å². The van der Waals surface area contributed by atoms with E-state index in [0.29, 0.717) is 29.2 Å². The van der Waals surface area contributed by atoms with Crippen LogP contribution in [0.3, 0.4) is 0 Å². The van der Waals surface area contributed by atoms with E-state index in [1.54, 1.807) is 24.3 Å². The second kappa shape index (κ2) is 8.05. The first-order chi connectivity index (χ1) is 15.5. The maximum absolute atomic E-state index is 13.4. The lowest BCUT2D eigenvalue weighted by atomic mass is 10.0. The summed E-state index contributed by atoms with van der Waals surface area (Å²) in [6, 6.07) is 11.3. The third-order valence-electron chi connectivity index (χ3n) is 5.73. The SMILES string of the molecule is O=C(N[C@H]1CCN2C(=O)c3cc(-c4ccc(Cl)cc4)ccc3NC(=O)[C@H]12)c1cnccn1. The highest BCUT2D eigenvalue weighted by atomic mass is 35.5. The second-order valence-corrected chi connectivity index (χ2v) is 8.10. The van der Waals surface area contributed by atoms with E-state index in [1.165, 1.54) is 23.5 Å². The molecule has 2 atom stereocenters. The number of nitrogens with one attached hydrogen (secondary N) is 2. The first-order valence-corrected chi connectivity index (χ1v) is 10.5. The van der Waals surface area contributed by atoms with Crippen molar-refractivity contribution >= 4 is 35.0 Å². The van der Waals surface area contributed by atoms with Gasteiger partial charge < -0.3 is 15.5 Å². The van der Waals surface area contributed by atoms with Crippen LogP contribution in [0, 0.1) is 0 Å². The minimum Gasteiger partial charge on any atom is -0.345 e. The zero-order valence-corrected chi connectivity index (χ0v) is 17.5. The maximum atomic E-state index is 13.4. The van der Waals surface area contributed by atoms with Crippen LogP contribution in [0.1, 0.15) is 27.3 Å². The summed E-state index contributed by atoms with van der Waals surface area (Å²) in [4.78, 5) is 48.3. The number of nitrogens with zero attached hydrogens (tertiary/aromatic N) is 3. The molecule has 0 unspecified atom stereocenters. The number of amides is 3. The number of anilines is 1. The predicted octanol–water partition coefficient (Wildman–Crippen LogP) is 2.76. The number of fused-ring (bicyclic) bond motifs is 2. The van der Waals surface area contributed by atoms with E-state index in [1.807, 2.05) is 18.2 Å². The highest BCUT2D eigenvalue weighted by Crippen LogP contribution is 2.32. The molecule has 1 saturated heterocycles. The van der Waals surface area contributed by atoms with Gasteiger partial charge in [-0.1, -0.05) is 29.8 Å². The largest absolute Gasteiger partial charge is 0.345 e. The average Bonchev–Trinajstić information content (AvgIpc) is 3.19. The molecule has 5 rings (SSSR count). The van der Waals surface area contributed by atoms with Crippen LogP contribution in [0.5, 0.6) is 0 Å². The average molecular weight is 448 g/mol. The molecule has 2 N–H and O–H groups in total. The van der Waals surface area contributed by atoms with Crippen LogP contribution in [0.4, 0.5) is 5.69 Å². The fraction of sp³-hybridized carbons (Fsp3) is 0.174. The van der Waals surface area contributed by atoms with Crippen LogP contribution in [0.25, 0.3) is 11.1 Å². The van der Waals surface area contributed by atoms with Crippen molar-refractivity contribution in [1.29, 1.82) is 0 Å². The summed E-state index contributed by atoms with van der Waals surface area (Å²) in [6.07, 6.45) is 4.71. The fourth-order valence-corrected chi connectivity index (χ4v) is 4.29. The molecule has 3 amide bonds. The molecule has 2 aliphatic heterocycles. The Labute approximate surface area is 188 Å². The van der Waals surface area contributed by atoms with E-state index in [9.17, 15) is 14.4 Å². The van der Waals surface area contributed by atoms with Crippen molar-refractivity contribution in [2.75, 3.05) is 11.9 Å². The molecule has 32 heavy (non-hydrogen) atoms. The van der Waals surface area contributed by atoms with Crippen molar-refractivity contribution in [3.8, 4) is 11.1 Å². The Morgan fingerprint density at radius 3 is 2.62 bits per heavy atom. The molecule has 2 aromatic carbocycles. The highest BCUT2D eigenvalue weighted by Gasteiger charge is 2.45. The van der Waals surface area contributed by atoms with Gasteiger partial charge in [0, 0.05) is 24.0 Å². The predicted molar refractivity (Wildman–Crippen MR) is 118 cm³/mol. The summed E-state index contributed by atoms with van der Waals surface area (Å²) in [5, 5.41) is 6.31. The number of rotatable bonds is 3. The zero-order valence-electron chi connectivity index (χ0n) is 16.8. The molecule has 1 fully saturated rings. The van der Waals surface area contributed by atoms with Gasteiger partial charge >= 0.3 is 0 Å². The number of benzene rings is 2. The normalized spacial score (nSPS) is 19.6. The van der Waals surface area contributed by atoms with Gasteiger partial charge in [0.05, 0.1) is 23.5 Å². The number of halogens is 1. The standard InChI is InChI=1S/C23H18ClN5O3/c24-15-4-1-13(2-5-15)14-3-6-17-16(11-14)23(32)29-10-7-18(20(29)22(31)27-17)28-21(30)19-12-25-8-9-26-19/h1-6,8-9,11-12,18,20H,7,10H2,(H,27,31)(H,28,30)/t18-,20-/m0/s1. The van der Waals surface area contributed by atoms with Crippen LogP contribution in [0.15, 0.2) is 61.1 Å². The van der Waals surface area contributed by atoms with Gasteiger partial charge in [0.2, 0.25) is 5.91 Å². The van der Waals surface area contributed by atoms with Gasteiger partial charge in [-0.05, 0) is 41.8 Å². The smallest absolute Gasteiger partial charge is 0.271 e. The maximum Gasteiger partial charge on any atom is 0.271 e. The molecule has 0 spiro atoms. The Bertz CT molecular complexity index is 1220. The van der Waals surface area contributed by atoms with Crippen molar-refractivity contribution in [2.45, 2.75) is 18.5 Å². The van der Waals surface area contributed by atoms with E-state index in [4.69, 9.17) is 11.6 Å². The highest BCUT2D eigenvalue weighted by molar-refractivity contribution is 6.30. The zero-order chi connectivity index (χ0) is 22.2. The summed E-state index contributed by atoms with van der Waals surface area (Å²) in [6.45, 7) is 0.354. The van der Waals surface area contributed by atoms with Crippen molar-refractivity contribution in [3.05, 3.63) is 77.3 Å². The summed E-state index contributed by atoms with van der Waals surface area (Å²) in [5.41, 5.74) is 2.77. The Balaban J connectivity index is 1.43. The van der Waals surface area contributed by atoms with Gasteiger partial charge in [0.25, 0.3) is 11.8 Å². The molecule has 0 aliphatic carbocycles. The second-order valence-electron chi connectivity index (χ2n) is 7.66. The molecule has 3 aromatic rings. The molecule has 0 saturated carbocycles. The fourth-order valence-electron chi connectivity index (χ4n) is 4.17. The van der Waals surface area contributed by atoms with Crippen LogP contribution in [-0.4, -0.2) is 51.2 Å². The van der Waals surface area contributed by atoms with Gasteiger partial charge in [-0.25, -0.2) is 4.98 Å². The monoisotopic (exact) mass is 447 g/mol. The van der Waals surface area contributed by atoms with Crippen LogP contribution in [-0.2, 0) is 4.79 Å². The molecule has 3 heterocycles. The van der Waals surface area contributed by atoms with Crippen molar-refractivity contribution < 1.29 is 14.4 Å². The van der Waals surface area contributed by atoms with Gasteiger partial charge in [0.15, 0.2) is 0 Å². The molecular weight excluding hydrogens is 430 g/mol. The summed E-state index contributed by atoms with van der Waals surface area (Å²) in [5.74, 6) is -1.02. The molecule has 8 nitrogen and oxygen atoms in total. The van der Waals surface area contributed by atoms with E-state index in [2.05, 4.69) is 20.6 Å². The first-order valence-electron chi connectivity index (χ1n) is 10.1. The lowest BCUT2D eigenvalue weighted by Gasteiger charge is -2.24. The molecule has 2 aliphatic rings. The van der Waals surface area contributed by atoms with E-state index in [-0.39, 0.29) is 17.5 Å². The minimum absolute atomic E-state index is 0.155. The molecule has 9 heteroatoms.